The number of benzene rings is 1. The molecule has 0 spiro atoms. The first-order chi connectivity index (χ1) is 16.7. The Morgan fingerprint density at radius 3 is 2.54 bits per heavy atom. The van der Waals surface area contributed by atoms with Gasteiger partial charge in [-0.15, -0.1) is 5.10 Å². The Morgan fingerprint density at radius 2 is 1.83 bits per heavy atom. The minimum Gasteiger partial charge on any atom is -0.346 e. The molecule has 0 fully saturated rings. The van der Waals surface area contributed by atoms with Crippen molar-refractivity contribution >= 4 is 26.8 Å². The number of sulfone groups is 1. The van der Waals surface area contributed by atoms with Crippen molar-refractivity contribution in [3.63, 3.8) is 0 Å². The Kier molecular flexibility index (Phi) is 6.88. The summed E-state index contributed by atoms with van der Waals surface area (Å²) in [5.74, 6) is -0.0812. The second-order valence-corrected chi connectivity index (χ2v) is 10.7. The van der Waals surface area contributed by atoms with Crippen molar-refractivity contribution in [2.75, 3.05) is 6.26 Å². The number of carbonyl (C=O) groups excluding carboxylic acids is 1. The van der Waals surface area contributed by atoms with E-state index < -0.39 is 9.84 Å². The molecule has 0 aliphatic carbocycles. The third-order valence-electron chi connectivity index (χ3n) is 5.70. The number of nitrogens with zero attached hydrogens (tertiary/aromatic N) is 4. The standard InChI is InChI=1S/C26H27N5O3S.H2/c1-5-17-6-7-19(13-25(17)35(4,33)34)26(32)28-15-20-14-24-22(31-30-20)9-8-21(29-24)18-10-11-27-23(12-18)16(2)3;/h6-14,16H,5,15H2,1-4H3,(H,28,32);1H. The lowest BCUT2D eigenvalue weighted by molar-refractivity contribution is 0.0950. The highest BCUT2D eigenvalue weighted by Crippen LogP contribution is 2.23. The van der Waals surface area contributed by atoms with Crippen molar-refractivity contribution in [2.24, 2.45) is 0 Å². The fraction of sp³-hybridized carbons (Fsp3) is 0.269. The van der Waals surface area contributed by atoms with Crippen LogP contribution in [0.1, 0.15) is 55.4 Å². The van der Waals surface area contributed by atoms with Crippen LogP contribution in [0.25, 0.3) is 22.3 Å². The second-order valence-electron chi connectivity index (χ2n) is 8.69. The average Bonchev–Trinajstić information content (AvgIpc) is 2.85. The molecule has 182 valence electrons. The van der Waals surface area contributed by atoms with Gasteiger partial charge < -0.3 is 5.32 Å². The molecule has 0 radical (unpaired) electrons. The molecular formula is C26H29N5O3S. The molecule has 0 aliphatic rings. The van der Waals surface area contributed by atoms with Gasteiger partial charge in [-0.3, -0.25) is 9.78 Å². The second kappa shape index (κ2) is 9.87. The lowest BCUT2D eigenvalue weighted by atomic mass is 10.1. The molecule has 4 rings (SSSR count). The van der Waals surface area contributed by atoms with E-state index in [2.05, 4.69) is 34.3 Å². The van der Waals surface area contributed by atoms with Crippen molar-refractivity contribution < 1.29 is 14.6 Å². The molecule has 9 heteroatoms. The van der Waals surface area contributed by atoms with Crippen LogP contribution in [0.3, 0.4) is 0 Å². The van der Waals surface area contributed by atoms with Crippen molar-refractivity contribution in [2.45, 2.75) is 44.6 Å². The van der Waals surface area contributed by atoms with E-state index in [9.17, 15) is 13.2 Å². The van der Waals surface area contributed by atoms with Gasteiger partial charge in [-0.2, -0.15) is 5.10 Å². The number of nitrogens with one attached hydrogen (secondary N) is 1. The minimum atomic E-state index is -3.44. The van der Waals surface area contributed by atoms with E-state index in [1.54, 1.807) is 24.4 Å². The molecule has 3 aromatic heterocycles. The summed E-state index contributed by atoms with van der Waals surface area (Å²) < 4.78 is 24.2. The third-order valence-corrected chi connectivity index (χ3v) is 6.88. The third kappa shape index (κ3) is 5.51. The summed E-state index contributed by atoms with van der Waals surface area (Å²) in [6.45, 7) is 6.19. The summed E-state index contributed by atoms with van der Waals surface area (Å²) in [4.78, 5) is 22.0. The van der Waals surface area contributed by atoms with Gasteiger partial charge in [0.2, 0.25) is 0 Å². The average molecular weight is 492 g/mol. The Labute approximate surface area is 206 Å². The molecular weight excluding hydrogens is 462 g/mol. The van der Waals surface area contributed by atoms with Gasteiger partial charge in [0.25, 0.3) is 5.91 Å². The molecule has 1 amide bonds. The molecule has 0 unspecified atom stereocenters. The largest absolute Gasteiger partial charge is 0.346 e. The van der Waals surface area contributed by atoms with E-state index in [1.807, 2.05) is 31.2 Å². The maximum atomic E-state index is 12.7. The molecule has 0 atom stereocenters. The van der Waals surface area contributed by atoms with Crippen LogP contribution in [-0.2, 0) is 22.8 Å². The molecule has 3 heterocycles. The summed E-state index contributed by atoms with van der Waals surface area (Å²) in [5.41, 5.74) is 5.57. The minimum absolute atomic E-state index is 0. The number of pyridine rings is 2. The van der Waals surface area contributed by atoms with Crippen molar-refractivity contribution in [3.8, 4) is 11.3 Å². The SMILES string of the molecule is CCc1ccc(C(=O)NCc2cc3nc(-c4ccnc(C(C)C)c4)ccc3nn2)cc1S(C)(=O)=O.[HH]. The van der Waals surface area contributed by atoms with Crippen LogP contribution in [0.15, 0.2) is 59.6 Å². The molecule has 8 nitrogen and oxygen atoms in total. The number of hydrogen-bond donors (Lipinski definition) is 1. The Morgan fingerprint density at radius 1 is 1.03 bits per heavy atom. The Balaban J connectivity index is 0.00000361. The highest BCUT2D eigenvalue weighted by molar-refractivity contribution is 7.90. The molecule has 1 N–H and O–H groups in total. The van der Waals surface area contributed by atoms with Gasteiger partial charge in [0, 0.05) is 30.7 Å². The highest BCUT2D eigenvalue weighted by atomic mass is 32.2. The Hall–Kier alpha value is -3.72. The smallest absolute Gasteiger partial charge is 0.251 e. The Bertz CT molecular complexity index is 1520. The van der Waals surface area contributed by atoms with Gasteiger partial charge in [0.1, 0.15) is 5.52 Å². The highest BCUT2D eigenvalue weighted by Gasteiger charge is 2.16. The van der Waals surface area contributed by atoms with Crippen LogP contribution in [0.4, 0.5) is 0 Å². The zero-order chi connectivity index (χ0) is 25.2. The molecule has 4 aromatic rings. The zero-order valence-corrected chi connectivity index (χ0v) is 20.9. The molecule has 35 heavy (non-hydrogen) atoms. The number of rotatable bonds is 7. The van der Waals surface area contributed by atoms with Gasteiger partial charge in [-0.05, 0) is 60.4 Å². The quantitative estimate of drug-likeness (QED) is 0.409. The maximum Gasteiger partial charge on any atom is 0.251 e. The fourth-order valence-corrected chi connectivity index (χ4v) is 4.77. The maximum absolute atomic E-state index is 12.7. The molecule has 0 aliphatic heterocycles. The number of amides is 1. The number of hydrogen-bond acceptors (Lipinski definition) is 7. The van der Waals surface area contributed by atoms with E-state index in [4.69, 9.17) is 4.98 Å². The van der Waals surface area contributed by atoms with Crippen LogP contribution >= 0.6 is 0 Å². The summed E-state index contributed by atoms with van der Waals surface area (Å²) >= 11 is 0. The number of aromatic nitrogens is 4. The molecule has 0 saturated heterocycles. The predicted molar refractivity (Wildman–Crippen MR) is 137 cm³/mol. The number of aryl methyl sites for hydroxylation is 1. The first kappa shape index (κ1) is 24.4. The lowest BCUT2D eigenvalue weighted by Gasteiger charge is -2.10. The molecule has 0 saturated carbocycles. The van der Waals surface area contributed by atoms with Crippen molar-refractivity contribution in [1.29, 1.82) is 0 Å². The van der Waals surface area contributed by atoms with Crippen molar-refractivity contribution in [1.82, 2.24) is 25.5 Å². The van der Waals surface area contributed by atoms with Gasteiger partial charge >= 0.3 is 0 Å². The van der Waals surface area contributed by atoms with Crippen LogP contribution in [0.2, 0.25) is 0 Å². The topological polar surface area (TPSA) is 115 Å². The van der Waals surface area contributed by atoms with Gasteiger partial charge in [-0.25, -0.2) is 13.4 Å². The van der Waals surface area contributed by atoms with Gasteiger partial charge in [0.15, 0.2) is 9.84 Å². The predicted octanol–water partition coefficient (Wildman–Crippen LogP) is 4.35. The number of carbonyl (C=O) groups is 1. The van der Waals surface area contributed by atoms with E-state index in [0.29, 0.717) is 34.6 Å². The van der Waals surface area contributed by atoms with E-state index in [0.717, 1.165) is 23.2 Å². The van der Waals surface area contributed by atoms with Crippen LogP contribution in [0, 0.1) is 0 Å². The summed E-state index contributed by atoms with van der Waals surface area (Å²) in [6, 6.07) is 14.2. The number of fused-ring (bicyclic) bond motifs is 1. The summed E-state index contributed by atoms with van der Waals surface area (Å²) in [6.07, 6.45) is 3.49. The zero-order valence-electron chi connectivity index (χ0n) is 20.1. The van der Waals surface area contributed by atoms with Gasteiger partial charge in [0.05, 0.1) is 28.3 Å². The first-order valence-electron chi connectivity index (χ1n) is 11.4. The van der Waals surface area contributed by atoms with Crippen LogP contribution in [0.5, 0.6) is 0 Å². The van der Waals surface area contributed by atoms with E-state index >= 15 is 0 Å². The van der Waals surface area contributed by atoms with Crippen LogP contribution < -0.4 is 5.32 Å². The van der Waals surface area contributed by atoms with E-state index in [1.165, 1.54) is 6.07 Å². The molecule has 1 aromatic carbocycles. The monoisotopic (exact) mass is 491 g/mol. The fourth-order valence-electron chi connectivity index (χ4n) is 3.74. The van der Waals surface area contributed by atoms with Crippen molar-refractivity contribution in [3.05, 3.63) is 77.2 Å². The van der Waals surface area contributed by atoms with Gasteiger partial charge in [-0.1, -0.05) is 26.8 Å². The summed E-state index contributed by atoms with van der Waals surface area (Å²) in [7, 11) is -3.44. The van der Waals surface area contributed by atoms with Crippen LogP contribution in [-0.4, -0.2) is 40.7 Å². The summed E-state index contributed by atoms with van der Waals surface area (Å²) in [5, 5.41) is 11.2. The molecule has 0 bridgehead atoms. The lowest BCUT2D eigenvalue weighted by Crippen LogP contribution is -2.24. The first-order valence-corrected chi connectivity index (χ1v) is 13.3. The van der Waals surface area contributed by atoms with E-state index in [-0.39, 0.29) is 24.3 Å². The normalized spacial score (nSPS) is 11.7.